The Hall–Kier alpha value is -1.63. The number of nitrogens with two attached hydrogens (primary N) is 1. The molecule has 0 saturated carbocycles. The molecule has 0 bridgehead atoms. The van der Waals surface area contributed by atoms with E-state index in [1.807, 2.05) is 6.92 Å². The number of nitrogen functional groups attached to an aromatic ring is 1. The molecular formula is C14H21FN2O3S. The van der Waals surface area contributed by atoms with Gasteiger partial charge in [0.1, 0.15) is 5.82 Å². The Balaban J connectivity index is 2.89. The van der Waals surface area contributed by atoms with Crippen molar-refractivity contribution in [3.05, 3.63) is 23.5 Å². The monoisotopic (exact) mass is 316 g/mol. The van der Waals surface area contributed by atoms with Crippen LogP contribution in [0, 0.1) is 5.82 Å². The van der Waals surface area contributed by atoms with Crippen LogP contribution in [0.2, 0.25) is 0 Å². The minimum atomic E-state index is -0.895. The molecule has 1 rings (SSSR count). The van der Waals surface area contributed by atoms with Crippen LogP contribution in [0.4, 0.5) is 15.8 Å². The van der Waals surface area contributed by atoms with Crippen LogP contribution in [0.1, 0.15) is 30.6 Å². The average Bonchev–Trinajstić information content (AvgIpc) is 2.39. The maximum Gasteiger partial charge on any atom is 0.340 e. The van der Waals surface area contributed by atoms with E-state index < -0.39 is 22.6 Å². The van der Waals surface area contributed by atoms with Gasteiger partial charge in [0.05, 0.1) is 17.9 Å². The average molecular weight is 316 g/mol. The Morgan fingerprint density at radius 1 is 1.52 bits per heavy atom. The van der Waals surface area contributed by atoms with Crippen LogP contribution >= 0.6 is 0 Å². The molecule has 2 atom stereocenters. The molecule has 0 fully saturated rings. The number of hydrogen-bond acceptors (Lipinski definition) is 5. The van der Waals surface area contributed by atoms with Crippen molar-refractivity contribution in [2.45, 2.75) is 26.3 Å². The minimum Gasteiger partial charge on any atom is -0.462 e. The van der Waals surface area contributed by atoms with Crippen molar-refractivity contribution in [2.24, 2.45) is 0 Å². The van der Waals surface area contributed by atoms with E-state index in [1.165, 1.54) is 6.07 Å². The molecule has 2 unspecified atom stereocenters. The highest BCUT2D eigenvalue weighted by Gasteiger charge is 2.16. The number of carbonyl (C=O) groups is 1. The summed E-state index contributed by atoms with van der Waals surface area (Å²) in [4.78, 5) is 11.7. The number of nitrogens with one attached hydrogen (secondary N) is 1. The molecule has 7 heteroatoms. The second-order valence-corrected chi connectivity index (χ2v) is 6.31. The first-order chi connectivity index (χ1) is 9.85. The van der Waals surface area contributed by atoms with Gasteiger partial charge in [0.15, 0.2) is 0 Å². The van der Waals surface area contributed by atoms with Crippen LogP contribution in [0.25, 0.3) is 0 Å². The molecule has 0 radical (unpaired) electrons. The molecule has 21 heavy (non-hydrogen) atoms. The molecular weight excluding hydrogens is 295 g/mol. The topological polar surface area (TPSA) is 81.4 Å². The quantitative estimate of drug-likeness (QED) is 0.595. The number of carbonyl (C=O) groups excluding carboxylic acids is 1. The number of anilines is 2. The Morgan fingerprint density at radius 2 is 2.19 bits per heavy atom. The number of benzene rings is 1. The molecule has 5 nitrogen and oxygen atoms in total. The van der Waals surface area contributed by atoms with Gasteiger partial charge in [-0.05, 0) is 32.4 Å². The summed E-state index contributed by atoms with van der Waals surface area (Å²) in [5.74, 6) is -0.597. The van der Waals surface area contributed by atoms with Gasteiger partial charge in [0.25, 0.3) is 0 Å². The summed E-state index contributed by atoms with van der Waals surface area (Å²) >= 11 is 0. The van der Waals surface area contributed by atoms with Crippen LogP contribution in [-0.2, 0) is 15.5 Å². The molecule has 0 heterocycles. The summed E-state index contributed by atoms with van der Waals surface area (Å²) in [5.41, 5.74) is 6.00. The predicted octanol–water partition coefficient (Wildman–Crippen LogP) is 2.15. The molecule has 118 valence electrons. The van der Waals surface area contributed by atoms with E-state index >= 15 is 0 Å². The third-order valence-electron chi connectivity index (χ3n) is 2.87. The molecule has 3 N–H and O–H groups in total. The summed E-state index contributed by atoms with van der Waals surface area (Å²) in [5, 5.41) is 2.96. The lowest BCUT2D eigenvalue weighted by molar-refractivity contribution is 0.0527. The number of rotatable bonds is 7. The number of esters is 1. The van der Waals surface area contributed by atoms with Crippen LogP contribution in [-0.4, -0.2) is 34.8 Å². The molecule has 0 aliphatic carbocycles. The van der Waals surface area contributed by atoms with Crippen LogP contribution in [0.5, 0.6) is 0 Å². The van der Waals surface area contributed by atoms with E-state index in [4.69, 9.17) is 10.5 Å². The van der Waals surface area contributed by atoms with Gasteiger partial charge in [-0.2, -0.15) is 0 Å². The van der Waals surface area contributed by atoms with E-state index in [9.17, 15) is 13.4 Å². The van der Waals surface area contributed by atoms with Crippen LogP contribution in [0.15, 0.2) is 12.1 Å². The van der Waals surface area contributed by atoms with Gasteiger partial charge < -0.3 is 15.8 Å². The number of ether oxygens (including phenoxy) is 1. The SMILES string of the molecule is CCOC(=O)c1cc(NC(C)CCS(C)=O)c(F)cc1N. The van der Waals surface area contributed by atoms with Gasteiger partial charge in [0, 0.05) is 34.5 Å². The fraction of sp³-hybridized carbons (Fsp3) is 0.500. The smallest absolute Gasteiger partial charge is 0.340 e. The Labute approximate surface area is 126 Å². The van der Waals surface area contributed by atoms with E-state index in [0.717, 1.165) is 6.07 Å². The van der Waals surface area contributed by atoms with Gasteiger partial charge >= 0.3 is 5.97 Å². The van der Waals surface area contributed by atoms with Crippen molar-refractivity contribution in [3.63, 3.8) is 0 Å². The number of hydrogen-bond donors (Lipinski definition) is 2. The molecule has 0 saturated heterocycles. The van der Waals surface area contributed by atoms with Crippen LogP contribution in [0.3, 0.4) is 0 Å². The first kappa shape index (κ1) is 17.4. The second-order valence-electron chi connectivity index (χ2n) is 4.75. The Bertz CT molecular complexity index is 537. The fourth-order valence-corrected chi connectivity index (χ4v) is 2.45. The zero-order chi connectivity index (χ0) is 16.0. The third-order valence-corrected chi connectivity index (χ3v) is 3.69. The largest absolute Gasteiger partial charge is 0.462 e. The second kappa shape index (κ2) is 7.97. The highest BCUT2D eigenvalue weighted by Crippen LogP contribution is 2.24. The van der Waals surface area contributed by atoms with E-state index in [1.54, 1.807) is 13.2 Å². The highest BCUT2D eigenvalue weighted by molar-refractivity contribution is 7.84. The van der Waals surface area contributed by atoms with Crippen LogP contribution < -0.4 is 11.1 Å². The van der Waals surface area contributed by atoms with Crippen molar-refractivity contribution in [3.8, 4) is 0 Å². The predicted molar refractivity (Wildman–Crippen MR) is 83.4 cm³/mol. The third kappa shape index (κ3) is 5.34. The molecule has 0 spiro atoms. The van der Waals surface area contributed by atoms with E-state index in [0.29, 0.717) is 12.2 Å². The zero-order valence-electron chi connectivity index (χ0n) is 12.4. The van der Waals surface area contributed by atoms with Gasteiger partial charge in [-0.3, -0.25) is 4.21 Å². The normalized spacial score (nSPS) is 13.5. The zero-order valence-corrected chi connectivity index (χ0v) is 13.3. The first-order valence-electron chi connectivity index (χ1n) is 6.67. The molecule has 0 aliphatic heterocycles. The Morgan fingerprint density at radius 3 is 2.76 bits per heavy atom. The molecule has 0 aromatic heterocycles. The Kier molecular flexibility index (Phi) is 6.61. The lowest BCUT2D eigenvalue weighted by Crippen LogP contribution is -2.19. The number of halogens is 1. The maximum atomic E-state index is 13.9. The highest BCUT2D eigenvalue weighted by atomic mass is 32.2. The van der Waals surface area contributed by atoms with Crippen molar-refractivity contribution < 1.29 is 18.1 Å². The minimum absolute atomic E-state index is 0.0406. The lowest BCUT2D eigenvalue weighted by Gasteiger charge is -2.17. The van der Waals surface area contributed by atoms with Crippen molar-refractivity contribution in [2.75, 3.05) is 29.7 Å². The fourth-order valence-electron chi connectivity index (χ4n) is 1.77. The summed E-state index contributed by atoms with van der Waals surface area (Å²) in [6.45, 7) is 3.76. The summed E-state index contributed by atoms with van der Waals surface area (Å²) in [6.07, 6.45) is 2.25. The van der Waals surface area contributed by atoms with E-state index in [-0.39, 0.29) is 29.6 Å². The van der Waals surface area contributed by atoms with Crippen molar-refractivity contribution in [1.29, 1.82) is 0 Å². The van der Waals surface area contributed by atoms with E-state index in [2.05, 4.69) is 5.32 Å². The summed E-state index contributed by atoms with van der Waals surface area (Å²) in [6, 6.07) is 2.36. The standard InChI is InChI=1S/C14H21FN2O3S/c1-4-20-14(18)10-7-13(11(15)8-12(10)16)17-9(2)5-6-21(3)19/h7-9,17H,4-6,16H2,1-3H3. The summed E-state index contributed by atoms with van der Waals surface area (Å²) < 4.78 is 29.8. The van der Waals surface area contributed by atoms with Gasteiger partial charge in [-0.1, -0.05) is 0 Å². The molecule has 1 aromatic rings. The maximum absolute atomic E-state index is 13.9. The summed E-state index contributed by atoms with van der Waals surface area (Å²) in [7, 11) is -0.895. The van der Waals surface area contributed by atoms with Gasteiger partial charge in [-0.25, -0.2) is 9.18 Å². The van der Waals surface area contributed by atoms with Gasteiger partial charge in [0.2, 0.25) is 0 Å². The molecule has 0 aliphatic rings. The lowest BCUT2D eigenvalue weighted by atomic mass is 10.1. The first-order valence-corrected chi connectivity index (χ1v) is 8.40. The van der Waals surface area contributed by atoms with Crippen molar-refractivity contribution >= 4 is 28.1 Å². The molecule has 1 aromatic carbocycles. The van der Waals surface area contributed by atoms with Crippen molar-refractivity contribution in [1.82, 2.24) is 0 Å². The van der Waals surface area contributed by atoms with Gasteiger partial charge in [-0.15, -0.1) is 0 Å². The molecule has 0 amide bonds.